The van der Waals surface area contributed by atoms with Crippen molar-refractivity contribution in [2.24, 2.45) is 0 Å². The Hall–Kier alpha value is -3.40. The monoisotopic (exact) mass is 346 g/mol. The summed E-state index contributed by atoms with van der Waals surface area (Å²) in [5.41, 5.74) is 2.16. The zero-order valence-corrected chi connectivity index (χ0v) is 14.1. The van der Waals surface area contributed by atoms with Gasteiger partial charge in [-0.25, -0.2) is 4.79 Å². The number of para-hydroxylation sites is 1. The van der Waals surface area contributed by atoms with Crippen molar-refractivity contribution >= 4 is 11.9 Å². The summed E-state index contributed by atoms with van der Waals surface area (Å²) in [7, 11) is 0. The first-order valence-electron chi connectivity index (χ1n) is 8.26. The number of carbonyl (C=O) groups excluding carboxylic acids is 2. The third-order valence-corrected chi connectivity index (χ3v) is 3.73. The van der Waals surface area contributed by atoms with E-state index in [9.17, 15) is 9.59 Å². The molecule has 0 N–H and O–H groups in total. The summed E-state index contributed by atoms with van der Waals surface area (Å²) >= 11 is 0. The van der Waals surface area contributed by atoms with Gasteiger partial charge in [-0.2, -0.15) is 0 Å². The molecule has 130 valence electrons. The number of ether oxygens (including phenoxy) is 2. The molecule has 0 amide bonds. The Morgan fingerprint density at radius 2 is 1.31 bits per heavy atom. The Balaban J connectivity index is 1.51. The van der Waals surface area contributed by atoms with Gasteiger partial charge in [-0.15, -0.1) is 0 Å². The van der Waals surface area contributed by atoms with Gasteiger partial charge in [-0.05, 0) is 35.4 Å². The van der Waals surface area contributed by atoms with Gasteiger partial charge in [-0.3, -0.25) is 4.79 Å². The van der Waals surface area contributed by atoms with Gasteiger partial charge in [0.25, 0.3) is 0 Å². The van der Waals surface area contributed by atoms with Gasteiger partial charge in [0.15, 0.2) is 0 Å². The van der Waals surface area contributed by atoms with E-state index in [0.717, 1.165) is 11.1 Å². The Bertz CT molecular complexity index is 856. The Morgan fingerprint density at radius 1 is 0.692 bits per heavy atom. The van der Waals surface area contributed by atoms with Crippen LogP contribution >= 0.6 is 0 Å². The Morgan fingerprint density at radius 3 is 1.96 bits per heavy atom. The van der Waals surface area contributed by atoms with Crippen LogP contribution in [0, 0.1) is 0 Å². The van der Waals surface area contributed by atoms with Crippen LogP contribution in [0.4, 0.5) is 0 Å². The van der Waals surface area contributed by atoms with E-state index in [1.54, 1.807) is 48.5 Å². The highest BCUT2D eigenvalue weighted by Gasteiger charge is 2.09. The lowest BCUT2D eigenvalue weighted by Gasteiger charge is -2.07. The maximum absolute atomic E-state index is 12.1. The molecule has 4 heteroatoms. The molecule has 0 fully saturated rings. The Kier molecular flexibility index (Phi) is 5.78. The van der Waals surface area contributed by atoms with Gasteiger partial charge in [0.05, 0.1) is 12.0 Å². The van der Waals surface area contributed by atoms with Crippen molar-refractivity contribution in [1.82, 2.24) is 0 Å². The molecule has 0 unspecified atom stereocenters. The highest BCUT2D eigenvalue weighted by molar-refractivity contribution is 5.91. The number of esters is 2. The second-order valence-corrected chi connectivity index (χ2v) is 5.72. The maximum Gasteiger partial charge on any atom is 0.343 e. The molecule has 0 aromatic heterocycles. The van der Waals surface area contributed by atoms with Gasteiger partial charge in [0.2, 0.25) is 0 Å². The molecule has 3 rings (SSSR count). The van der Waals surface area contributed by atoms with Gasteiger partial charge in [0.1, 0.15) is 12.4 Å². The van der Waals surface area contributed by atoms with Gasteiger partial charge in [0, 0.05) is 0 Å². The van der Waals surface area contributed by atoms with Crippen molar-refractivity contribution in [2.45, 2.75) is 13.0 Å². The molecule has 0 radical (unpaired) electrons. The van der Waals surface area contributed by atoms with Crippen LogP contribution in [-0.4, -0.2) is 11.9 Å². The van der Waals surface area contributed by atoms with Gasteiger partial charge >= 0.3 is 11.9 Å². The van der Waals surface area contributed by atoms with E-state index < -0.39 is 5.97 Å². The SMILES string of the molecule is O=C(Cc1ccccc1)OCc1ccc(C(=O)Oc2ccccc2)cc1. The highest BCUT2D eigenvalue weighted by Crippen LogP contribution is 2.13. The third-order valence-electron chi connectivity index (χ3n) is 3.73. The fourth-order valence-corrected chi connectivity index (χ4v) is 2.37. The first-order chi connectivity index (χ1) is 12.7. The predicted molar refractivity (Wildman–Crippen MR) is 97.8 cm³/mol. The largest absolute Gasteiger partial charge is 0.461 e. The molecule has 0 heterocycles. The molecule has 0 aliphatic rings. The van der Waals surface area contributed by atoms with Crippen LogP contribution in [0.1, 0.15) is 21.5 Å². The van der Waals surface area contributed by atoms with E-state index in [1.807, 2.05) is 36.4 Å². The molecule has 26 heavy (non-hydrogen) atoms. The second kappa shape index (κ2) is 8.62. The minimum Gasteiger partial charge on any atom is -0.461 e. The minimum absolute atomic E-state index is 0.166. The average Bonchev–Trinajstić information content (AvgIpc) is 2.68. The molecular weight excluding hydrogens is 328 g/mol. The quantitative estimate of drug-likeness (QED) is 0.496. The third kappa shape index (κ3) is 5.05. The molecule has 0 atom stereocenters. The summed E-state index contributed by atoms with van der Waals surface area (Å²) in [5, 5.41) is 0. The van der Waals surface area contributed by atoms with Crippen LogP contribution in [-0.2, 0) is 22.6 Å². The molecule has 0 aliphatic heterocycles. The van der Waals surface area contributed by atoms with E-state index in [-0.39, 0.29) is 19.0 Å². The molecule has 4 nitrogen and oxygen atoms in total. The highest BCUT2D eigenvalue weighted by atomic mass is 16.5. The van der Waals surface area contributed by atoms with Crippen LogP contribution in [0.15, 0.2) is 84.9 Å². The number of hydrogen-bond acceptors (Lipinski definition) is 4. The molecule has 3 aromatic carbocycles. The van der Waals surface area contributed by atoms with Crippen molar-refractivity contribution in [1.29, 1.82) is 0 Å². The van der Waals surface area contributed by atoms with E-state index in [4.69, 9.17) is 9.47 Å². The molecule has 0 bridgehead atoms. The topological polar surface area (TPSA) is 52.6 Å². The van der Waals surface area contributed by atoms with E-state index >= 15 is 0 Å². The summed E-state index contributed by atoms with van der Waals surface area (Å²) in [6, 6.07) is 25.1. The predicted octanol–water partition coefficient (Wildman–Crippen LogP) is 4.19. The first-order valence-corrected chi connectivity index (χ1v) is 8.26. The number of benzene rings is 3. The van der Waals surface area contributed by atoms with E-state index in [2.05, 4.69) is 0 Å². The second-order valence-electron chi connectivity index (χ2n) is 5.72. The normalized spacial score (nSPS) is 10.2. The molecular formula is C22H18O4. The maximum atomic E-state index is 12.1. The molecule has 0 saturated heterocycles. The summed E-state index contributed by atoms with van der Waals surface area (Å²) < 4.78 is 10.6. The number of carbonyl (C=O) groups is 2. The van der Waals surface area contributed by atoms with Crippen LogP contribution in [0.25, 0.3) is 0 Å². The minimum atomic E-state index is -0.427. The summed E-state index contributed by atoms with van der Waals surface area (Å²) in [6.45, 7) is 0.166. The standard InChI is InChI=1S/C22H18O4/c23-21(15-17-7-3-1-4-8-17)25-16-18-11-13-19(14-12-18)22(24)26-20-9-5-2-6-10-20/h1-14H,15-16H2. The van der Waals surface area contributed by atoms with Gasteiger partial charge in [-0.1, -0.05) is 60.7 Å². The lowest BCUT2D eigenvalue weighted by atomic mass is 10.1. The summed E-state index contributed by atoms with van der Waals surface area (Å²) in [4.78, 5) is 24.0. The Labute approximate surface area is 152 Å². The zero-order valence-electron chi connectivity index (χ0n) is 14.1. The van der Waals surface area contributed by atoms with Crippen molar-refractivity contribution < 1.29 is 19.1 Å². The van der Waals surface area contributed by atoms with Crippen LogP contribution in [0.3, 0.4) is 0 Å². The van der Waals surface area contributed by atoms with Crippen molar-refractivity contribution in [3.8, 4) is 5.75 Å². The molecule has 3 aromatic rings. The van der Waals surface area contributed by atoms with Crippen molar-refractivity contribution in [3.63, 3.8) is 0 Å². The van der Waals surface area contributed by atoms with Crippen molar-refractivity contribution in [3.05, 3.63) is 102 Å². The van der Waals surface area contributed by atoms with E-state index in [1.165, 1.54) is 0 Å². The summed E-state index contributed by atoms with van der Waals surface area (Å²) in [6.07, 6.45) is 0.238. The van der Waals surface area contributed by atoms with Crippen molar-refractivity contribution in [2.75, 3.05) is 0 Å². The lowest BCUT2D eigenvalue weighted by Crippen LogP contribution is -2.09. The van der Waals surface area contributed by atoms with E-state index in [0.29, 0.717) is 11.3 Å². The smallest absolute Gasteiger partial charge is 0.343 e. The molecule has 0 spiro atoms. The summed E-state index contributed by atoms with van der Waals surface area (Å²) in [5.74, 6) is -0.219. The number of rotatable bonds is 6. The lowest BCUT2D eigenvalue weighted by molar-refractivity contribution is -0.144. The van der Waals surface area contributed by atoms with Gasteiger partial charge < -0.3 is 9.47 Å². The number of hydrogen-bond donors (Lipinski definition) is 0. The zero-order chi connectivity index (χ0) is 18.2. The van der Waals surface area contributed by atoms with Crippen LogP contribution < -0.4 is 4.74 Å². The molecule has 0 saturated carbocycles. The molecule has 0 aliphatic carbocycles. The fraction of sp³-hybridized carbons (Fsp3) is 0.0909. The average molecular weight is 346 g/mol. The fourth-order valence-electron chi connectivity index (χ4n) is 2.37. The van der Waals surface area contributed by atoms with Crippen LogP contribution in [0.2, 0.25) is 0 Å². The first kappa shape index (κ1) is 17.4. The van der Waals surface area contributed by atoms with Crippen LogP contribution in [0.5, 0.6) is 5.75 Å².